The van der Waals surface area contributed by atoms with Crippen molar-refractivity contribution in [2.75, 3.05) is 12.8 Å². The molecule has 3 N–H and O–H groups in total. The van der Waals surface area contributed by atoms with Gasteiger partial charge in [-0.3, -0.25) is 4.79 Å². The van der Waals surface area contributed by atoms with Crippen molar-refractivity contribution in [2.24, 2.45) is 5.41 Å². The van der Waals surface area contributed by atoms with E-state index in [0.717, 1.165) is 12.0 Å². The number of methoxy groups -OCH3 is 1. The van der Waals surface area contributed by atoms with Crippen molar-refractivity contribution in [3.05, 3.63) is 29.8 Å². The second-order valence-electron chi connectivity index (χ2n) is 6.23. The van der Waals surface area contributed by atoms with Gasteiger partial charge in [0.1, 0.15) is 0 Å². The minimum atomic E-state index is -0.198. The van der Waals surface area contributed by atoms with Crippen LogP contribution in [0, 0.1) is 5.41 Å². The first kappa shape index (κ1) is 14.9. The first-order valence-corrected chi connectivity index (χ1v) is 7.05. The number of rotatable bonds is 4. The van der Waals surface area contributed by atoms with Crippen molar-refractivity contribution in [3.63, 3.8) is 0 Å². The largest absolute Gasteiger partial charge is 0.399 e. The number of hydrogen-bond acceptors (Lipinski definition) is 3. The highest BCUT2D eigenvalue weighted by atomic mass is 16.5. The summed E-state index contributed by atoms with van der Waals surface area (Å²) >= 11 is 0. The fraction of sp³-hybridized carbons (Fsp3) is 0.562. The van der Waals surface area contributed by atoms with E-state index in [4.69, 9.17) is 10.5 Å². The summed E-state index contributed by atoms with van der Waals surface area (Å²) in [6.45, 7) is 6.16. The van der Waals surface area contributed by atoms with Crippen LogP contribution in [0.2, 0.25) is 0 Å². The first-order chi connectivity index (χ1) is 9.36. The second-order valence-corrected chi connectivity index (χ2v) is 6.23. The summed E-state index contributed by atoms with van der Waals surface area (Å²) < 4.78 is 5.41. The molecule has 0 bridgehead atoms. The van der Waals surface area contributed by atoms with Gasteiger partial charge in [0.05, 0.1) is 12.0 Å². The van der Waals surface area contributed by atoms with Gasteiger partial charge in [0.15, 0.2) is 0 Å². The Morgan fingerprint density at radius 3 is 2.75 bits per heavy atom. The summed E-state index contributed by atoms with van der Waals surface area (Å²) in [5.74, 6) is -0.154. The zero-order valence-corrected chi connectivity index (χ0v) is 12.6. The van der Waals surface area contributed by atoms with E-state index >= 15 is 0 Å². The molecule has 110 valence electrons. The van der Waals surface area contributed by atoms with E-state index in [2.05, 4.69) is 19.2 Å². The zero-order chi connectivity index (χ0) is 14.9. The molecule has 0 heterocycles. The summed E-state index contributed by atoms with van der Waals surface area (Å²) in [6.07, 6.45) is 1.09. The molecule has 0 radical (unpaired) electrons. The lowest BCUT2D eigenvalue weighted by Crippen LogP contribution is -2.62. The molecule has 0 saturated heterocycles. The number of nitrogens with two attached hydrogens (primary N) is 1. The molecule has 1 amide bonds. The topological polar surface area (TPSA) is 64.3 Å². The normalized spacial score (nSPS) is 25.6. The summed E-state index contributed by atoms with van der Waals surface area (Å²) in [6, 6.07) is 7.66. The lowest BCUT2D eigenvalue weighted by molar-refractivity contribution is -0.133. The number of carbonyl (C=O) groups is 1. The van der Waals surface area contributed by atoms with Crippen LogP contribution in [0.1, 0.15) is 38.7 Å². The minimum absolute atomic E-state index is 0.0140. The minimum Gasteiger partial charge on any atom is -0.399 e. The van der Waals surface area contributed by atoms with Gasteiger partial charge < -0.3 is 15.8 Å². The molecule has 1 aliphatic rings. The monoisotopic (exact) mass is 276 g/mol. The van der Waals surface area contributed by atoms with Crippen molar-refractivity contribution >= 4 is 11.6 Å². The highest BCUT2D eigenvalue weighted by molar-refractivity contribution is 5.84. The quantitative estimate of drug-likeness (QED) is 0.829. The van der Waals surface area contributed by atoms with Gasteiger partial charge in [0, 0.05) is 24.3 Å². The van der Waals surface area contributed by atoms with Gasteiger partial charge in [-0.25, -0.2) is 0 Å². The van der Waals surface area contributed by atoms with Crippen molar-refractivity contribution in [1.82, 2.24) is 5.32 Å². The summed E-state index contributed by atoms with van der Waals surface area (Å²) in [5, 5.41) is 3.13. The number of benzene rings is 1. The van der Waals surface area contributed by atoms with Crippen molar-refractivity contribution in [1.29, 1.82) is 0 Å². The number of nitrogens with one attached hydrogen (secondary N) is 1. The van der Waals surface area contributed by atoms with Gasteiger partial charge in [-0.15, -0.1) is 0 Å². The standard InChI is InChI=1S/C16H24N2O2/c1-10(11-6-5-7-12(17)8-11)15(19)18-13-9-14(20-4)16(13,2)3/h5-8,10,13-14H,9,17H2,1-4H3,(H,18,19). The highest BCUT2D eigenvalue weighted by Crippen LogP contribution is 2.42. The molecule has 2 rings (SSSR count). The predicted molar refractivity (Wildman–Crippen MR) is 80.4 cm³/mol. The summed E-state index contributed by atoms with van der Waals surface area (Å²) in [5.41, 5.74) is 7.39. The third-order valence-corrected chi connectivity index (χ3v) is 4.58. The molecule has 20 heavy (non-hydrogen) atoms. The van der Waals surface area contributed by atoms with E-state index in [1.807, 2.05) is 31.2 Å². The maximum absolute atomic E-state index is 12.3. The molecular formula is C16H24N2O2. The Balaban J connectivity index is 1.99. The van der Waals surface area contributed by atoms with E-state index in [1.54, 1.807) is 7.11 Å². The molecule has 4 nitrogen and oxygen atoms in total. The lowest BCUT2D eigenvalue weighted by Gasteiger charge is -2.51. The van der Waals surface area contributed by atoms with Crippen LogP contribution in [0.15, 0.2) is 24.3 Å². The third kappa shape index (κ3) is 2.66. The molecule has 1 fully saturated rings. The molecule has 1 aromatic rings. The Bertz CT molecular complexity index is 499. The average Bonchev–Trinajstić information content (AvgIpc) is 2.41. The van der Waals surface area contributed by atoms with Crippen LogP contribution >= 0.6 is 0 Å². The Morgan fingerprint density at radius 1 is 1.50 bits per heavy atom. The average molecular weight is 276 g/mol. The van der Waals surface area contributed by atoms with Gasteiger partial charge in [-0.05, 0) is 31.0 Å². The molecule has 1 aromatic carbocycles. The van der Waals surface area contributed by atoms with Crippen LogP contribution in [-0.4, -0.2) is 25.2 Å². The number of hydrogen-bond donors (Lipinski definition) is 2. The van der Waals surface area contributed by atoms with Gasteiger partial charge in [0.25, 0.3) is 0 Å². The van der Waals surface area contributed by atoms with Crippen LogP contribution in [-0.2, 0) is 9.53 Å². The maximum Gasteiger partial charge on any atom is 0.227 e. The fourth-order valence-electron chi connectivity index (χ4n) is 2.81. The summed E-state index contributed by atoms with van der Waals surface area (Å²) in [4.78, 5) is 12.3. The number of amides is 1. The Morgan fingerprint density at radius 2 is 2.20 bits per heavy atom. The Hall–Kier alpha value is -1.55. The zero-order valence-electron chi connectivity index (χ0n) is 12.6. The molecule has 3 unspecified atom stereocenters. The van der Waals surface area contributed by atoms with Crippen LogP contribution in [0.3, 0.4) is 0 Å². The molecule has 0 spiro atoms. The SMILES string of the molecule is COC1CC(NC(=O)C(C)c2cccc(N)c2)C1(C)C. The Kier molecular flexibility index (Phi) is 4.04. The Labute approximate surface area is 120 Å². The van der Waals surface area contributed by atoms with E-state index in [-0.39, 0.29) is 29.4 Å². The van der Waals surface area contributed by atoms with Crippen LogP contribution in [0.5, 0.6) is 0 Å². The molecule has 0 aromatic heterocycles. The predicted octanol–water partition coefficient (Wildman–Crippen LogP) is 2.30. The highest BCUT2D eigenvalue weighted by Gasteiger charge is 2.49. The van der Waals surface area contributed by atoms with Crippen molar-refractivity contribution in [2.45, 2.75) is 45.3 Å². The molecule has 4 heteroatoms. The number of anilines is 1. The van der Waals surface area contributed by atoms with Crippen LogP contribution in [0.25, 0.3) is 0 Å². The van der Waals surface area contributed by atoms with Crippen molar-refractivity contribution < 1.29 is 9.53 Å². The smallest absolute Gasteiger partial charge is 0.227 e. The van der Waals surface area contributed by atoms with Gasteiger partial charge in [-0.1, -0.05) is 26.0 Å². The van der Waals surface area contributed by atoms with E-state index in [9.17, 15) is 4.79 Å². The van der Waals surface area contributed by atoms with E-state index in [0.29, 0.717) is 5.69 Å². The number of ether oxygens (including phenoxy) is 1. The molecule has 0 aliphatic heterocycles. The van der Waals surface area contributed by atoms with Gasteiger partial charge in [-0.2, -0.15) is 0 Å². The van der Waals surface area contributed by atoms with E-state index < -0.39 is 0 Å². The second kappa shape index (κ2) is 5.44. The van der Waals surface area contributed by atoms with Crippen LogP contribution < -0.4 is 11.1 Å². The fourth-order valence-corrected chi connectivity index (χ4v) is 2.81. The third-order valence-electron chi connectivity index (χ3n) is 4.58. The van der Waals surface area contributed by atoms with Gasteiger partial charge >= 0.3 is 0 Å². The molecular weight excluding hydrogens is 252 g/mol. The number of nitrogen functional groups attached to an aromatic ring is 1. The molecule has 1 aliphatic carbocycles. The van der Waals surface area contributed by atoms with Crippen LogP contribution in [0.4, 0.5) is 5.69 Å². The summed E-state index contributed by atoms with van der Waals surface area (Å²) in [7, 11) is 1.72. The lowest BCUT2D eigenvalue weighted by atomic mass is 9.64. The van der Waals surface area contributed by atoms with Gasteiger partial charge in [0.2, 0.25) is 5.91 Å². The first-order valence-electron chi connectivity index (χ1n) is 7.05. The van der Waals surface area contributed by atoms with Crippen molar-refractivity contribution in [3.8, 4) is 0 Å². The maximum atomic E-state index is 12.3. The number of carbonyl (C=O) groups excluding carboxylic acids is 1. The van der Waals surface area contributed by atoms with E-state index in [1.165, 1.54) is 0 Å². The molecule has 1 saturated carbocycles. The molecule has 3 atom stereocenters.